The van der Waals surface area contributed by atoms with Crippen molar-refractivity contribution >= 4 is 22.9 Å². The van der Waals surface area contributed by atoms with E-state index in [9.17, 15) is 4.79 Å². The van der Waals surface area contributed by atoms with E-state index in [1.807, 2.05) is 34.6 Å². The quantitative estimate of drug-likeness (QED) is 0.928. The van der Waals surface area contributed by atoms with Gasteiger partial charge < -0.3 is 15.2 Å². The first-order valence-electron chi connectivity index (χ1n) is 7.16. The first-order chi connectivity index (χ1) is 9.66. The van der Waals surface area contributed by atoms with Crippen LogP contribution in [0.2, 0.25) is 0 Å². The van der Waals surface area contributed by atoms with Gasteiger partial charge in [-0.3, -0.25) is 4.79 Å². The van der Waals surface area contributed by atoms with Crippen molar-refractivity contribution < 1.29 is 4.79 Å². The molecule has 1 fully saturated rings. The summed E-state index contributed by atoms with van der Waals surface area (Å²) in [6, 6.07) is 6.03. The molecular formula is C15H20N4O. The van der Waals surface area contributed by atoms with Crippen LogP contribution in [0.25, 0.3) is 11.0 Å². The Morgan fingerprint density at radius 2 is 2.10 bits per heavy atom. The number of carbonyl (C=O) groups is 1. The standard InChI is InChI=1S/C15H20N4O/c1-11-5-4-6-12-14(11)17-15(16)19(12)10-7-13(20)18-8-2-3-9-18/h4-6H,2-3,7-10H2,1H3,(H2,16,17). The van der Waals surface area contributed by atoms with Crippen molar-refractivity contribution in [1.82, 2.24) is 14.5 Å². The minimum absolute atomic E-state index is 0.219. The molecule has 1 aliphatic rings. The molecule has 5 nitrogen and oxygen atoms in total. The zero-order valence-corrected chi connectivity index (χ0v) is 11.8. The number of rotatable bonds is 3. The zero-order chi connectivity index (χ0) is 14.1. The molecule has 2 N–H and O–H groups in total. The molecule has 1 aliphatic heterocycles. The van der Waals surface area contributed by atoms with Gasteiger partial charge in [-0.2, -0.15) is 0 Å². The number of para-hydroxylation sites is 1. The molecule has 20 heavy (non-hydrogen) atoms. The van der Waals surface area contributed by atoms with Crippen molar-refractivity contribution in [1.29, 1.82) is 0 Å². The van der Waals surface area contributed by atoms with Gasteiger partial charge in [-0.1, -0.05) is 12.1 Å². The molecule has 0 saturated carbocycles. The molecule has 1 saturated heterocycles. The Balaban J connectivity index is 1.79. The lowest BCUT2D eigenvalue weighted by Gasteiger charge is -2.15. The number of nitrogens with two attached hydrogens (primary N) is 1. The topological polar surface area (TPSA) is 64.1 Å². The van der Waals surface area contributed by atoms with Crippen LogP contribution in [0, 0.1) is 6.92 Å². The van der Waals surface area contributed by atoms with Crippen LogP contribution in [0.1, 0.15) is 24.8 Å². The second kappa shape index (κ2) is 5.15. The second-order valence-corrected chi connectivity index (χ2v) is 5.40. The number of anilines is 1. The molecule has 5 heteroatoms. The lowest BCUT2D eigenvalue weighted by Crippen LogP contribution is -2.28. The Morgan fingerprint density at radius 3 is 2.85 bits per heavy atom. The summed E-state index contributed by atoms with van der Waals surface area (Å²) in [6.07, 6.45) is 2.74. The summed E-state index contributed by atoms with van der Waals surface area (Å²) >= 11 is 0. The summed E-state index contributed by atoms with van der Waals surface area (Å²) in [7, 11) is 0. The van der Waals surface area contributed by atoms with Gasteiger partial charge in [0.2, 0.25) is 11.9 Å². The van der Waals surface area contributed by atoms with E-state index in [1.54, 1.807) is 0 Å². The van der Waals surface area contributed by atoms with Gasteiger partial charge in [0.25, 0.3) is 0 Å². The largest absolute Gasteiger partial charge is 0.369 e. The van der Waals surface area contributed by atoms with Crippen LogP contribution in [-0.2, 0) is 11.3 Å². The molecular weight excluding hydrogens is 252 g/mol. The Bertz CT molecular complexity index is 641. The molecule has 1 aromatic carbocycles. The van der Waals surface area contributed by atoms with Crippen LogP contribution < -0.4 is 5.73 Å². The fourth-order valence-corrected chi connectivity index (χ4v) is 2.87. The van der Waals surface area contributed by atoms with E-state index in [2.05, 4.69) is 4.98 Å². The van der Waals surface area contributed by atoms with E-state index < -0.39 is 0 Å². The number of aryl methyl sites for hydroxylation is 2. The minimum atomic E-state index is 0.219. The molecule has 0 radical (unpaired) electrons. The van der Waals surface area contributed by atoms with Gasteiger partial charge >= 0.3 is 0 Å². The average molecular weight is 272 g/mol. The van der Waals surface area contributed by atoms with E-state index >= 15 is 0 Å². The average Bonchev–Trinajstić information content (AvgIpc) is 3.05. The van der Waals surface area contributed by atoms with E-state index in [0.29, 0.717) is 18.9 Å². The molecule has 1 amide bonds. The summed E-state index contributed by atoms with van der Waals surface area (Å²) in [5.74, 6) is 0.708. The number of nitrogen functional groups attached to an aromatic ring is 1. The number of benzene rings is 1. The number of likely N-dealkylation sites (tertiary alicyclic amines) is 1. The monoisotopic (exact) mass is 272 g/mol. The van der Waals surface area contributed by atoms with E-state index in [1.165, 1.54) is 0 Å². The van der Waals surface area contributed by atoms with Crippen molar-refractivity contribution in [2.45, 2.75) is 32.7 Å². The van der Waals surface area contributed by atoms with Crippen LogP contribution in [0.3, 0.4) is 0 Å². The van der Waals surface area contributed by atoms with Crippen molar-refractivity contribution in [3.05, 3.63) is 23.8 Å². The van der Waals surface area contributed by atoms with Crippen LogP contribution >= 0.6 is 0 Å². The number of hydrogen-bond acceptors (Lipinski definition) is 3. The molecule has 3 rings (SSSR count). The number of aromatic nitrogens is 2. The van der Waals surface area contributed by atoms with Gasteiger partial charge in [-0.25, -0.2) is 4.98 Å². The van der Waals surface area contributed by atoms with Crippen molar-refractivity contribution in [3.8, 4) is 0 Å². The molecule has 1 aromatic heterocycles. The molecule has 0 spiro atoms. The fraction of sp³-hybridized carbons (Fsp3) is 0.467. The highest BCUT2D eigenvalue weighted by atomic mass is 16.2. The normalized spacial score (nSPS) is 15.2. The first kappa shape index (κ1) is 13.0. The number of amides is 1. The van der Waals surface area contributed by atoms with Gasteiger partial charge in [0.15, 0.2) is 0 Å². The predicted octanol–water partition coefficient (Wildman–Crippen LogP) is 1.94. The molecule has 2 aromatic rings. The van der Waals surface area contributed by atoms with E-state index in [0.717, 1.165) is 42.5 Å². The summed E-state index contributed by atoms with van der Waals surface area (Å²) < 4.78 is 1.94. The zero-order valence-electron chi connectivity index (χ0n) is 11.8. The third-order valence-electron chi connectivity index (χ3n) is 4.02. The Kier molecular flexibility index (Phi) is 3.34. The SMILES string of the molecule is Cc1cccc2c1nc(N)n2CCC(=O)N1CCCC1. The van der Waals surface area contributed by atoms with Crippen LogP contribution in [0.15, 0.2) is 18.2 Å². The molecule has 106 valence electrons. The Hall–Kier alpha value is -2.04. The Morgan fingerprint density at radius 1 is 1.35 bits per heavy atom. The maximum absolute atomic E-state index is 12.1. The number of fused-ring (bicyclic) bond motifs is 1. The van der Waals surface area contributed by atoms with Gasteiger partial charge in [-0.05, 0) is 31.4 Å². The van der Waals surface area contributed by atoms with Gasteiger partial charge in [-0.15, -0.1) is 0 Å². The van der Waals surface area contributed by atoms with Crippen molar-refractivity contribution in [3.63, 3.8) is 0 Å². The highest BCUT2D eigenvalue weighted by molar-refractivity contribution is 5.82. The maximum Gasteiger partial charge on any atom is 0.224 e. The smallest absolute Gasteiger partial charge is 0.224 e. The Labute approximate surface area is 118 Å². The number of nitrogens with zero attached hydrogens (tertiary/aromatic N) is 3. The summed E-state index contributed by atoms with van der Waals surface area (Å²) in [4.78, 5) is 18.5. The third kappa shape index (κ3) is 2.24. The van der Waals surface area contributed by atoms with Gasteiger partial charge in [0.1, 0.15) is 0 Å². The van der Waals surface area contributed by atoms with E-state index in [4.69, 9.17) is 5.73 Å². The summed E-state index contributed by atoms with van der Waals surface area (Å²) in [5, 5.41) is 0. The highest BCUT2D eigenvalue weighted by Crippen LogP contribution is 2.21. The first-order valence-corrected chi connectivity index (χ1v) is 7.16. The van der Waals surface area contributed by atoms with E-state index in [-0.39, 0.29) is 5.91 Å². The third-order valence-corrected chi connectivity index (χ3v) is 4.02. The van der Waals surface area contributed by atoms with Gasteiger partial charge in [0, 0.05) is 26.1 Å². The fourth-order valence-electron chi connectivity index (χ4n) is 2.87. The number of imidazole rings is 1. The lowest BCUT2D eigenvalue weighted by atomic mass is 10.2. The summed E-state index contributed by atoms with van der Waals surface area (Å²) in [5.41, 5.74) is 9.04. The molecule has 0 atom stereocenters. The minimum Gasteiger partial charge on any atom is -0.369 e. The van der Waals surface area contributed by atoms with Crippen molar-refractivity contribution in [2.75, 3.05) is 18.8 Å². The van der Waals surface area contributed by atoms with Crippen LogP contribution in [-0.4, -0.2) is 33.4 Å². The molecule has 0 aliphatic carbocycles. The highest BCUT2D eigenvalue weighted by Gasteiger charge is 2.18. The molecule has 0 unspecified atom stereocenters. The van der Waals surface area contributed by atoms with Crippen molar-refractivity contribution in [2.24, 2.45) is 0 Å². The maximum atomic E-state index is 12.1. The predicted molar refractivity (Wildman–Crippen MR) is 79.3 cm³/mol. The number of carbonyl (C=O) groups excluding carboxylic acids is 1. The van der Waals surface area contributed by atoms with Crippen LogP contribution in [0.4, 0.5) is 5.95 Å². The summed E-state index contributed by atoms with van der Waals surface area (Å²) in [6.45, 7) is 4.42. The van der Waals surface area contributed by atoms with Crippen LogP contribution in [0.5, 0.6) is 0 Å². The van der Waals surface area contributed by atoms with Gasteiger partial charge in [0.05, 0.1) is 11.0 Å². The molecule has 2 heterocycles. The second-order valence-electron chi connectivity index (χ2n) is 5.40. The lowest BCUT2D eigenvalue weighted by molar-refractivity contribution is -0.130. The molecule has 0 bridgehead atoms. The number of hydrogen-bond donors (Lipinski definition) is 1.